The molecule has 3 aromatic rings. The zero-order chi connectivity index (χ0) is 15.4. The number of hydrogen-bond acceptors (Lipinski definition) is 4. The van der Waals surface area contributed by atoms with Crippen molar-refractivity contribution in [2.24, 2.45) is 5.16 Å². The van der Waals surface area contributed by atoms with Gasteiger partial charge in [0.2, 0.25) is 0 Å². The zero-order valence-electron chi connectivity index (χ0n) is 11.5. The fourth-order valence-electron chi connectivity index (χ4n) is 2.22. The third-order valence-corrected chi connectivity index (χ3v) is 3.40. The molecule has 22 heavy (non-hydrogen) atoms. The van der Waals surface area contributed by atoms with Gasteiger partial charge in [-0.05, 0) is 6.07 Å². The van der Waals surface area contributed by atoms with E-state index in [-0.39, 0.29) is 5.15 Å². The molecule has 0 amide bonds. The zero-order valence-corrected chi connectivity index (χ0v) is 12.3. The normalized spacial score (nSPS) is 11.4. The van der Waals surface area contributed by atoms with Crippen LogP contribution in [0.2, 0.25) is 5.15 Å². The first-order valence-corrected chi connectivity index (χ1v) is 7.04. The van der Waals surface area contributed by atoms with Crippen LogP contribution in [0.1, 0.15) is 11.1 Å². The van der Waals surface area contributed by atoms with Crippen molar-refractivity contribution in [3.8, 4) is 11.3 Å². The number of halogens is 1. The van der Waals surface area contributed by atoms with Crippen LogP contribution < -0.4 is 0 Å². The van der Waals surface area contributed by atoms with Crippen LogP contribution in [0.4, 0.5) is 0 Å². The minimum atomic E-state index is 0.242. The molecule has 0 fully saturated rings. The summed E-state index contributed by atoms with van der Waals surface area (Å²) in [5, 5.41) is 21.3. The van der Waals surface area contributed by atoms with E-state index in [1.54, 1.807) is 6.07 Å². The van der Waals surface area contributed by atoms with Crippen LogP contribution >= 0.6 is 11.6 Å². The predicted octanol–water partition coefficient (Wildman–Crippen LogP) is 4.02. The maximum absolute atomic E-state index is 9.49. The average molecular weight is 310 g/mol. The molecular formula is C17H12ClN3O. The van der Waals surface area contributed by atoms with Crippen molar-refractivity contribution in [2.75, 3.05) is 0 Å². The summed E-state index contributed by atoms with van der Waals surface area (Å²) in [4.78, 5) is 0. The average Bonchev–Trinajstić information content (AvgIpc) is 2.57. The molecule has 5 heteroatoms. The summed E-state index contributed by atoms with van der Waals surface area (Å²) in [6.45, 7) is 0. The molecule has 0 atom stereocenters. The number of nitrogens with zero attached hydrogens (tertiary/aromatic N) is 3. The largest absolute Gasteiger partial charge is 0.410 e. The van der Waals surface area contributed by atoms with Gasteiger partial charge in [0.1, 0.15) is 11.4 Å². The van der Waals surface area contributed by atoms with Crippen LogP contribution in [-0.2, 0) is 0 Å². The molecule has 0 unspecified atom stereocenters. The van der Waals surface area contributed by atoms with E-state index in [1.165, 1.54) is 0 Å². The van der Waals surface area contributed by atoms with Crippen LogP contribution in [-0.4, -0.2) is 21.1 Å². The smallest absolute Gasteiger partial charge is 0.152 e. The Morgan fingerprint density at radius 3 is 2.18 bits per heavy atom. The molecule has 0 aliphatic carbocycles. The predicted molar refractivity (Wildman–Crippen MR) is 86.3 cm³/mol. The second-order valence-corrected chi connectivity index (χ2v) is 5.00. The van der Waals surface area contributed by atoms with E-state index in [1.807, 2.05) is 60.7 Å². The van der Waals surface area contributed by atoms with Crippen molar-refractivity contribution in [1.29, 1.82) is 0 Å². The Balaban J connectivity index is 2.20. The molecule has 0 radical (unpaired) electrons. The van der Waals surface area contributed by atoms with Gasteiger partial charge in [0.05, 0.1) is 0 Å². The first-order chi connectivity index (χ1) is 10.8. The van der Waals surface area contributed by atoms with E-state index < -0.39 is 0 Å². The van der Waals surface area contributed by atoms with Gasteiger partial charge in [-0.15, -0.1) is 10.2 Å². The summed E-state index contributed by atoms with van der Waals surface area (Å²) >= 11 is 5.98. The van der Waals surface area contributed by atoms with E-state index >= 15 is 0 Å². The molecule has 0 saturated carbocycles. The Morgan fingerprint density at radius 1 is 0.909 bits per heavy atom. The van der Waals surface area contributed by atoms with Crippen LogP contribution in [0, 0.1) is 0 Å². The Kier molecular flexibility index (Phi) is 4.12. The van der Waals surface area contributed by atoms with Crippen molar-refractivity contribution >= 4 is 17.3 Å². The van der Waals surface area contributed by atoms with E-state index in [0.717, 1.165) is 11.1 Å². The molecule has 4 nitrogen and oxygen atoms in total. The second-order valence-electron chi connectivity index (χ2n) is 4.61. The quantitative estimate of drug-likeness (QED) is 0.451. The van der Waals surface area contributed by atoms with Crippen molar-refractivity contribution in [2.45, 2.75) is 0 Å². The summed E-state index contributed by atoms with van der Waals surface area (Å²) in [6.07, 6.45) is 0. The summed E-state index contributed by atoms with van der Waals surface area (Å²) < 4.78 is 0. The fourth-order valence-corrected chi connectivity index (χ4v) is 2.37. The van der Waals surface area contributed by atoms with Gasteiger partial charge in [-0.2, -0.15) is 0 Å². The number of hydrogen-bond donors (Lipinski definition) is 1. The van der Waals surface area contributed by atoms with E-state index in [2.05, 4.69) is 15.4 Å². The van der Waals surface area contributed by atoms with Crippen LogP contribution in [0.15, 0.2) is 71.9 Å². The first-order valence-electron chi connectivity index (χ1n) is 6.66. The molecule has 0 bridgehead atoms. The van der Waals surface area contributed by atoms with Crippen LogP contribution in [0.25, 0.3) is 11.3 Å². The first kappa shape index (κ1) is 14.2. The lowest BCUT2D eigenvalue weighted by Crippen LogP contribution is -2.08. The number of oxime groups is 1. The summed E-state index contributed by atoms with van der Waals surface area (Å²) in [5.41, 5.74) is 3.28. The maximum Gasteiger partial charge on any atom is 0.152 e. The van der Waals surface area contributed by atoms with E-state index in [4.69, 9.17) is 11.6 Å². The summed E-state index contributed by atoms with van der Waals surface area (Å²) in [5.74, 6) is 0. The van der Waals surface area contributed by atoms with Crippen LogP contribution in [0.5, 0.6) is 0 Å². The standard InChI is InChI=1S/C17H12ClN3O/c18-15-11-14(17(21-22)13-9-5-2-6-10-13)16(20-19-15)12-7-3-1-4-8-12/h1-11,22H/b21-17+. The van der Waals surface area contributed by atoms with Gasteiger partial charge >= 0.3 is 0 Å². The third kappa shape index (κ3) is 2.82. The van der Waals surface area contributed by atoms with Gasteiger partial charge in [0.25, 0.3) is 0 Å². The monoisotopic (exact) mass is 309 g/mol. The van der Waals surface area contributed by atoms with Crippen molar-refractivity contribution in [3.63, 3.8) is 0 Å². The van der Waals surface area contributed by atoms with Gasteiger partial charge in [0, 0.05) is 16.7 Å². The summed E-state index contributed by atoms with van der Waals surface area (Å²) in [7, 11) is 0. The van der Waals surface area contributed by atoms with Crippen molar-refractivity contribution in [3.05, 3.63) is 83.0 Å². The Morgan fingerprint density at radius 2 is 1.55 bits per heavy atom. The van der Waals surface area contributed by atoms with Crippen molar-refractivity contribution in [1.82, 2.24) is 10.2 Å². The molecule has 1 heterocycles. The lowest BCUT2D eigenvalue weighted by Gasteiger charge is -2.10. The lowest BCUT2D eigenvalue weighted by atomic mass is 9.98. The number of rotatable bonds is 3. The molecule has 108 valence electrons. The molecule has 0 saturated heterocycles. The van der Waals surface area contributed by atoms with Gasteiger partial charge in [-0.25, -0.2) is 0 Å². The molecule has 0 spiro atoms. The Labute approximate surface area is 132 Å². The molecular weight excluding hydrogens is 298 g/mol. The van der Waals surface area contributed by atoms with Crippen LogP contribution in [0.3, 0.4) is 0 Å². The number of aromatic nitrogens is 2. The SMILES string of the molecule is O/N=C(\c1ccccc1)c1cc(Cl)nnc1-c1ccccc1. The molecule has 1 aromatic heterocycles. The van der Waals surface area contributed by atoms with Gasteiger partial charge in [0.15, 0.2) is 5.15 Å². The molecule has 3 rings (SSSR count). The van der Waals surface area contributed by atoms with E-state index in [0.29, 0.717) is 17.0 Å². The third-order valence-electron chi connectivity index (χ3n) is 3.21. The highest BCUT2D eigenvalue weighted by Crippen LogP contribution is 2.25. The number of benzene rings is 2. The molecule has 2 aromatic carbocycles. The highest BCUT2D eigenvalue weighted by atomic mass is 35.5. The molecule has 1 N–H and O–H groups in total. The molecule has 0 aliphatic heterocycles. The maximum atomic E-state index is 9.49. The van der Waals surface area contributed by atoms with Crippen molar-refractivity contribution < 1.29 is 5.21 Å². The minimum Gasteiger partial charge on any atom is -0.410 e. The second kappa shape index (κ2) is 6.37. The minimum absolute atomic E-state index is 0.242. The Hall–Kier alpha value is -2.72. The lowest BCUT2D eigenvalue weighted by molar-refractivity contribution is 0.319. The van der Waals surface area contributed by atoms with E-state index in [9.17, 15) is 5.21 Å². The van der Waals surface area contributed by atoms with Gasteiger partial charge in [-0.1, -0.05) is 77.4 Å². The fraction of sp³-hybridized carbons (Fsp3) is 0. The molecule has 0 aliphatic rings. The Bertz CT molecular complexity index is 805. The topological polar surface area (TPSA) is 58.4 Å². The summed E-state index contributed by atoms with van der Waals surface area (Å²) in [6, 6.07) is 20.6. The highest BCUT2D eigenvalue weighted by molar-refractivity contribution is 6.30. The van der Waals surface area contributed by atoms with Gasteiger partial charge < -0.3 is 5.21 Å². The highest BCUT2D eigenvalue weighted by Gasteiger charge is 2.16. The van der Waals surface area contributed by atoms with Gasteiger partial charge in [-0.3, -0.25) is 0 Å².